The zero-order valence-corrected chi connectivity index (χ0v) is 15.2. The Morgan fingerprint density at radius 3 is 2.56 bits per heavy atom. The quantitative estimate of drug-likeness (QED) is 0.356. The first-order valence-electron chi connectivity index (χ1n) is 8.83. The molecule has 0 aliphatic heterocycles. The fourth-order valence-corrected chi connectivity index (χ4v) is 2.21. The van der Waals surface area contributed by atoms with E-state index in [1.165, 1.54) is 19.3 Å². The van der Waals surface area contributed by atoms with Gasteiger partial charge < -0.3 is 14.8 Å². The number of nitriles is 1. The van der Waals surface area contributed by atoms with Gasteiger partial charge in [0.15, 0.2) is 0 Å². The van der Waals surface area contributed by atoms with Crippen LogP contribution in [0.3, 0.4) is 0 Å². The molecule has 5 heteroatoms. The molecule has 0 saturated carbocycles. The minimum atomic E-state index is -0.366. The van der Waals surface area contributed by atoms with Gasteiger partial charge in [-0.1, -0.05) is 38.3 Å². The first-order valence-corrected chi connectivity index (χ1v) is 8.83. The Balaban J connectivity index is 2.51. The first kappa shape index (κ1) is 20.7. The zero-order valence-electron chi connectivity index (χ0n) is 15.2. The molecule has 0 saturated heterocycles. The number of unbranched alkanes of at least 4 members (excludes halogenated alkanes) is 3. The number of amides is 1. The summed E-state index contributed by atoms with van der Waals surface area (Å²) in [6, 6.07) is 9.35. The van der Waals surface area contributed by atoms with E-state index in [-0.39, 0.29) is 11.5 Å². The maximum atomic E-state index is 12.0. The molecule has 5 nitrogen and oxygen atoms in total. The lowest BCUT2D eigenvalue weighted by atomic mass is 10.1. The fraction of sp³-hybridized carbons (Fsp3) is 0.500. The first-order chi connectivity index (χ1) is 12.2. The number of nitrogens with one attached hydrogen (secondary N) is 1. The summed E-state index contributed by atoms with van der Waals surface area (Å²) in [5.74, 6) is 0.436. The molecule has 1 N–H and O–H groups in total. The number of carbonyl (C=O) groups excluding carboxylic acids is 1. The summed E-state index contributed by atoms with van der Waals surface area (Å²) in [5.41, 5.74) is 0.882. The Morgan fingerprint density at radius 2 is 1.92 bits per heavy atom. The third-order valence-corrected chi connectivity index (χ3v) is 3.63. The molecular weight excluding hydrogens is 316 g/mol. The number of hydrogen-bond donors (Lipinski definition) is 1. The number of hydrogen-bond acceptors (Lipinski definition) is 4. The topological polar surface area (TPSA) is 71.3 Å². The molecule has 1 aromatic rings. The van der Waals surface area contributed by atoms with Crippen molar-refractivity contribution in [2.24, 2.45) is 0 Å². The summed E-state index contributed by atoms with van der Waals surface area (Å²) in [5, 5.41) is 11.9. The molecule has 0 radical (unpaired) electrons. The van der Waals surface area contributed by atoms with Gasteiger partial charge >= 0.3 is 0 Å². The van der Waals surface area contributed by atoms with Crippen LogP contribution in [0.1, 0.15) is 44.6 Å². The van der Waals surface area contributed by atoms with Gasteiger partial charge in [-0.2, -0.15) is 5.26 Å². The lowest BCUT2D eigenvalue weighted by Gasteiger charge is -2.06. The van der Waals surface area contributed by atoms with Gasteiger partial charge in [0.25, 0.3) is 5.91 Å². The fourth-order valence-electron chi connectivity index (χ4n) is 2.21. The van der Waals surface area contributed by atoms with Gasteiger partial charge in [-0.05, 0) is 36.6 Å². The van der Waals surface area contributed by atoms with Crippen LogP contribution in [0.15, 0.2) is 29.8 Å². The van der Waals surface area contributed by atoms with Crippen molar-refractivity contribution in [2.75, 3.05) is 26.9 Å². The molecule has 0 fully saturated rings. The van der Waals surface area contributed by atoms with Gasteiger partial charge in [-0.3, -0.25) is 4.79 Å². The van der Waals surface area contributed by atoms with Crippen molar-refractivity contribution < 1.29 is 14.3 Å². The van der Waals surface area contributed by atoms with Crippen LogP contribution in [0.2, 0.25) is 0 Å². The van der Waals surface area contributed by atoms with Crippen molar-refractivity contribution in [1.82, 2.24) is 5.32 Å². The van der Waals surface area contributed by atoms with E-state index in [1.54, 1.807) is 13.2 Å². The maximum absolute atomic E-state index is 12.0. The maximum Gasteiger partial charge on any atom is 0.261 e. The van der Waals surface area contributed by atoms with Crippen molar-refractivity contribution in [3.8, 4) is 11.8 Å². The largest absolute Gasteiger partial charge is 0.494 e. The molecule has 0 aliphatic carbocycles. The highest BCUT2D eigenvalue weighted by atomic mass is 16.5. The van der Waals surface area contributed by atoms with E-state index in [0.29, 0.717) is 26.2 Å². The van der Waals surface area contributed by atoms with E-state index in [4.69, 9.17) is 9.47 Å². The summed E-state index contributed by atoms with van der Waals surface area (Å²) in [7, 11) is 1.61. The lowest BCUT2D eigenvalue weighted by Crippen LogP contribution is -2.26. The van der Waals surface area contributed by atoms with Crippen LogP contribution in [0.5, 0.6) is 5.75 Å². The zero-order chi connectivity index (χ0) is 18.3. The van der Waals surface area contributed by atoms with Crippen LogP contribution >= 0.6 is 0 Å². The van der Waals surface area contributed by atoms with Crippen molar-refractivity contribution in [3.05, 3.63) is 35.4 Å². The minimum Gasteiger partial charge on any atom is -0.494 e. The SMILES string of the molecule is CCCCCCOc1ccc(/C=C(\C#N)C(=O)NCCCOC)cc1. The number of methoxy groups -OCH3 is 1. The summed E-state index contributed by atoms with van der Waals surface area (Å²) >= 11 is 0. The molecule has 0 bridgehead atoms. The lowest BCUT2D eigenvalue weighted by molar-refractivity contribution is -0.117. The van der Waals surface area contributed by atoms with E-state index in [9.17, 15) is 10.1 Å². The monoisotopic (exact) mass is 344 g/mol. The summed E-state index contributed by atoms with van der Waals surface area (Å²) in [6.07, 6.45) is 6.97. The van der Waals surface area contributed by atoms with E-state index in [1.807, 2.05) is 30.3 Å². The molecule has 0 atom stereocenters. The Labute approximate surface area is 150 Å². The highest BCUT2D eigenvalue weighted by molar-refractivity contribution is 6.01. The van der Waals surface area contributed by atoms with Gasteiger partial charge in [-0.15, -0.1) is 0 Å². The molecule has 1 rings (SSSR count). The number of nitrogens with zero attached hydrogens (tertiary/aromatic N) is 1. The van der Waals surface area contributed by atoms with E-state index in [2.05, 4.69) is 12.2 Å². The molecule has 0 heterocycles. The average Bonchev–Trinajstić information content (AvgIpc) is 2.64. The summed E-state index contributed by atoms with van der Waals surface area (Å²) in [6.45, 7) is 3.95. The molecule has 0 aliphatic rings. The highest BCUT2D eigenvalue weighted by Crippen LogP contribution is 2.15. The number of carbonyl (C=O) groups is 1. The smallest absolute Gasteiger partial charge is 0.261 e. The van der Waals surface area contributed by atoms with Gasteiger partial charge in [0, 0.05) is 20.3 Å². The molecule has 136 valence electrons. The average molecular weight is 344 g/mol. The molecule has 0 unspecified atom stereocenters. The van der Waals surface area contributed by atoms with E-state index >= 15 is 0 Å². The van der Waals surface area contributed by atoms with Gasteiger partial charge in [0.2, 0.25) is 0 Å². The van der Waals surface area contributed by atoms with Crippen molar-refractivity contribution in [2.45, 2.75) is 39.0 Å². The predicted molar refractivity (Wildman–Crippen MR) is 99.2 cm³/mol. The van der Waals surface area contributed by atoms with Gasteiger partial charge in [0.1, 0.15) is 17.4 Å². The third-order valence-electron chi connectivity index (χ3n) is 3.63. The van der Waals surface area contributed by atoms with Crippen LogP contribution in [0.4, 0.5) is 0 Å². The second-order valence-electron chi connectivity index (χ2n) is 5.75. The number of rotatable bonds is 12. The third kappa shape index (κ3) is 8.92. The normalized spacial score (nSPS) is 11.0. The van der Waals surface area contributed by atoms with E-state index in [0.717, 1.165) is 17.7 Å². The highest BCUT2D eigenvalue weighted by Gasteiger charge is 2.08. The standard InChI is InChI=1S/C20H28N2O3/c1-3-4-5-6-14-25-19-10-8-17(9-11-19)15-18(16-21)20(23)22-12-7-13-24-2/h8-11,15H,3-7,12-14H2,1-2H3,(H,22,23)/b18-15+. The van der Waals surface area contributed by atoms with Gasteiger partial charge in [-0.25, -0.2) is 0 Å². The summed E-state index contributed by atoms with van der Waals surface area (Å²) in [4.78, 5) is 12.0. The Bertz CT molecular complexity index is 574. The van der Waals surface area contributed by atoms with Gasteiger partial charge in [0.05, 0.1) is 6.61 Å². The second-order valence-corrected chi connectivity index (χ2v) is 5.75. The summed E-state index contributed by atoms with van der Waals surface area (Å²) < 4.78 is 10.6. The van der Waals surface area contributed by atoms with Crippen molar-refractivity contribution >= 4 is 12.0 Å². The Morgan fingerprint density at radius 1 is 1.16 bits per heavy atom. The van der Waals surface area contributed by atoms with Crippen LogP contribution in [0, 0.1) is 11.3 Å². The number of ether oxygens (including phenoxy) is 2. The molecule has 1 aromatic carbocycles. The predicted octanol–water partition coefficient (Wildman–Crippen LogP) is 3.71. The van der Waals surface area contributed by atoms with Crippen LogP contribution in [-0.2, 0) is 9.53 Å². The van der Waals surface area contributed by atoms with Crippen LogP contribution in [0.25, 0.3) is 6.08 Å². The molecular formula is C20H28N2O3. The molecule has 0 aromatic heterocycles. The van der Waals surface area contributed by atoms with Crippen LogP contribution < -0.4 is 10.1 Å². The molecule has 25 heavy (non-hydrogen) atoms. The van der Waals surface area contributed by atoms with Crippen molar-refractivity contribution in [3.63, 3.8) is 0 Å². The minimum absolute atomic E-state index is 0.0886. The van der Waals surface area contributed by atoms with Crippen molar-refractivity contribution in [1.29, 1.82) is 5.26 Å². The van der Waals surface area contributed by atoms with Crippen LogP contribution in [-0.4, -0.2) is 32.8 Å². The Kier molecular flexibility index (Phi) is 10.8. The van der Waals surface area contributed by atoms with E-state index < -0.39 is 0 Å². The molecule has 1 amide bonds. The second kappa shape index (κ2) is 13.0. The Hall–Kier alpha value is -2.32. The molecule has 0 spiro atoms. The number of benzene rings is 1.